The molecular weight excluding hydrogens is 287 g/mol. The number of hydrogen-bond donors (Lipinski definition) is 0. The van der Waals surface area contributed by atoms with Gasteiger partial charge in [0.25, 0.3) is 0 Å². The van der Waals surface area contributed by atoms with Crippen LogP contribution in [0, 0.1) is 0 Å². The van der Waals surface area contributed by atoms with Crippen LogP contribution in [0.2, 0.25) is 22.4 Å². The van der Waals surface area contributed by atoms with Crippen molar-refractivity contribution in [3.63, 3.8) is 0 Å². The maximum absolute atomic E-state index is 2.50. The van der Waals surface area contributed by atoms with Gasteiger partial charge < -0.3 is 0 Å². The first-order valence-corrected chi connectivity index (χ1v) is 20.4. The van der Waals surface area contributed by atoms with Crippen molar-refractivity contribution in [2.45, 2.75) is 22.4 Å². The Morgan fingerprint density at radius 2 is 1.30 bits per heavy atom. The van der Waals surface area contributed by atoms with E-state index < -0.39 is 18.5 Å². The van der Waals surface area contributed by atoms with Gasteiger partial charge in [0.1, 0.15) is 0 Å². The van der Waals surface area contributed by atoms with E-state index in [-0.39, 0.29) is 0 Å². The second-order valence-corrected chi connectivity index (χ2v) is 37.7. The summed E-state index contributed by atoms with van der Waals surface area (Å²) in [5, 5.41) is 0. The van der Waals surface area contributed by atoms with Crippen LogP contribution in [-0.4, -0.2) is 0 Å². The van der Waals surface area contributed by atoms with Crippen molar-refractivity contribution in [3.05, 3.63) is 24.3 Å². The predicted molar refractivity (Wildman–Crippen MR) is 45.5 cm³/mol. The fourth-order valence-corrected chi connectivity index (χ4v) is 7.53. The first-order valence-electron chi connectivity index (χ1n) is 3.96. The molecule has 1 heteroatoms. The molecule has 0 atom stereocenters. The van der Waals surface area contributed by atoms with Crippen LogP contribution in [0.3, 0.4) is 0 Å². The summed E-state index contributed by atoms with van der Waals surface area (Å²) in [5.74, 6) is 0. The summed E-state index contributed by atoms with van der Waals surface area (Å²) in [7, 11) is 0. The Labute approximate surface area is 65.1 Å². The first kappa shape index (κ1) is 8.45. The summed E-state index contributed by atoms with van der Waals surface area (Å²) in [4.78, 5) is 0. The number of rotatable bonds is 1. The Balaban J connectivity index is 2.85. The molecule has 0 N–H and O–H groups in total. The normalized spacial score (nSPS) is 23.0. The van der Waals surface area contributed by atoms with Crippen LogP contribution in [0.25, 0.3) is 0 Å². The first-order chi connectivity index (χ1) is 4.36. The molecule has 0 nitrogen and oxygen atoms in total. The average Bonchev–Trinajstić information content (AvgIpc) is 2.04. The monoisotopic (exact) mass is 305 g/mol. The topological polar surface area (TPSA) is 0 Å². The summed E-state index contributed by atoms with van der Waals surface area (Å²) < 4.78 is 10.8. The fraction of sp³-hybridized carbons (Fsp3) is 0.556. The van der Waals surface area contributed by atoms with Crippen LogP contribution in [-0.2, 0) is 18.5 Å². The molecule has 10 heavy (non-hydrogen) atoms. The summed E-state index contributed by atoms with van der Waals surface area (Å²) >= 11 is -2.28. The van der Waals surface area contributed by atoms with Crippen molar-refractivity contribution < 1.29 is 18.5 Å². The van der Waals surface area contributed by atoms with Crippen LogP contribution in [0.1, 0.15) is 0 Å². The Morgan fingerprint density at radius 3 is 1.50 bits per heavy atom. The van der Waals surface area contributed by atoms with Gasteiger partial charge in [-0.3, -0.25) is 0 Å². The number of allylic oxidation sites excluding steroid dienone is 4. The van der Waals surface area contributed by atoms with Crippen molar-refractivity contribution in [3.8, 4) is 0 Å². The van der Waals surface area contributed by atoms with E-state index in [1.54, 1.807) is 0 Å². The molecule has 0 saturated carbocycles. The summed E-state index contributed by atoms with van der Waals surface area (Å²) in [6.07, 6.45) is 9.08. The van der Waals surface area contributed by atoms with Gasteiger partial charge in [-0.05, 0) is 0 Å². The van der Waals surface area contributed by atoms with Crippen molar-refractivity contribution in [2.75, 3.05) is 0 Å². The molecule has 0 amide bonds. The molecule has 0 heterocycles. The van der Waals surface area contributed by atoms with Gasteiger partial charge >= 0.3 is 65.2 Å². The third kappa shape index (κ3) is 1.91. The Bertz CT molecular complexity index is 169. The van der Waals surface area contributed by atoms with Gasteiger partial charge in [-0.1, -0.05) is 0 Å². The summed E-state index contributed by atoms with van der Waals surface area (Å²) in [6.45, 7) is 0. The van der Waals surface area contributed by atoms with E-state index in [2.05, 4.69) is 43.0 Å². The molecule has 0 aromatic heterocycles. The minimum atomic E-state index is -2.28. The maximum atomic E-state index is 2.50. The van der Waals surface area contributed by atoms with Crippen LogP contribution in [0.5, 0.6) is 0 Å². The third-order valence-corrected chi connectivity index (χ3v) is 13.0. The number of hydrogen-bond acceptors (Lipinski definition) is 0. The molecule has 0 aliphatic heterocycles. The molecule has 0 aromatic carbocycles. The van der Waals surface area contributed by atoms with E-state index in [1.165, 1.54) is 0 Å². The van der Waals surface area contributed by atoms with Crippen LogP contribution in [0.15, 0.2) is 24.3 Å². The fourth-order valence-electron chi connectivity index (χ4n) is 1.20. The third-order valence-electron chi connectivity index (χ3n) is 2.08. The van der Waals surface area contributed by atoms with Gasteiger partial charge in [-0.2, -0.15) is 0 Å². The molecule has 0 bridgehead atoms. The van der Waals surface area contributed by atoms with Gasteiger partial charge in [-0.15, -0.1) is 0 Å². The Kier molecular flexibility index (Phi) is 1.83. The van der Waals surface area contributed by atoms with E-state index in [9.17, 15) is 0 Å². The van der Waals surface area contributed by atoms with Crippen molar-refractivity contribution in [2.24, 2.45) is 0 Å². The Morgan fingerprint density at radius 1 is 0.900 bits per heavy atom. The predicted octanol–water partition coefficient (Wildman–Crippen LogP) is 3.78. The standard InChI is InChI=1S/C5H5.4CH3.Hf/c1-2-4-5-3-1;;;;;/h1-5H;4*1H3;. The molecule has 0 radical (unpaired) electrons. The van der Waals surface area contributed by atoms with E-state index in [0.717, 1.165) is 3.67 Å². The van der Waals surface area contributed by atoms with Gasteiger partial charge in [0.15, 0.2) is 0 Å². The molecular formula is C9H17Hf. The zero-order valence-corrected chi connectivity index (χ0v) is 11.0. The second-order valence-electron chi connectivity index (χ2n) is 5.45. The van der Waals surface area contributed by atoms with E-state index in [4.69, 9.17) is 0 Å². The molecule has 0 saturated heterocycles. The zero-order valence-electron chi connectivity index (χ0n) is 7.39. The zero-order chi connectivity index (χ0) is 7.85. The molecule has 0 unspecified atom stereocenters. The van der Waals surface area contributed by atoms with Crippen LogP contribution < -0.4 is 0 Å². The molecule has 0 aromatic rings. The molecule has 1 aliphatic carbocycles. The molecule has 1 aliphatic rings. The SMILES string of the molecule is [CH3][Hf]([CH3])([CH3])([CH3])[CH]1C=CC=C1. The molecule has 1 rings (SSSR count). The van der Waals surface area contributed by atoms with E-state index in [0.29, 0.717) is 0 Å². The summed E-state index contributed by atoms with van der Waals surface area (Å²) in [5.41, 5.74) is 0. The van der Waals surface area contributed by atoms with Gasteiger partial charge in [0.2, 0.25) is 0 Å². The van der Waals surface area contributed by atoms with E-state index in [1.807, 2.05) is 0 Å². The molecule has 0 spiro atoms. The minimum absolute atomic E-state index is 0.817. The summed E-state index contributed by atoms with van der Waals surface area (Å²) in [6, 6.07) is 0. The van der Waals surface area contributed by atoms with Crippen molar-refractivity contribution in [1.82, 2.24) is 0 Å². The van der Waals surface area contributed by atoms with Crippen molar-refractivity contribution >= 4 is 0 Å². The van der Waals surface area contributed by atoms with E-state index >= 15 is 0 Å². The molecule has 0 fully saturated rings. The van der Waals surface area contributed by atoms with Crippen LogP contribution in [0.4, 0.5) is 0 Å². The quantitative estimate of drug-likeness (QED) is 0.647. The molecule has 57 valence electrons. The van der Waals surface area contributed by atoms with Crippen LogP contribution >= 0.6 is 0 Å². The van der Waals surface area contributed by atoms with Gasteiger partial charge in [0.05, 0.1) is 0 Å². The average molecular weight is 304 g/mol. The Hall–Kier alpha value is 0.350. The van der Waals surface area contributed by atoms with Gasteiger partial charge in [0, 0.05) is 0 Å². The van der Waals surface area contributed by atoms with Gasteiger partial charge in [-0.25, -0.2) is 0 Å². The van der Waals surface area contributed by atoms with Crippen molar-refractivity contribution in [1.29, 1.82) is 0 Å². The second kappa shape index (κ2) is 2.17.